The molecule has 18 heavy (non-hydrogen) atoms. The molecule has 1 aliphatic carbocycles. The van der Waals surface area contributed by atoms with E-state index in [2.05, 4.69) is 5.32 Å². The fourth-order valence-corrected chi connectivity index (χ4v) is 2.47. The molecule has 0 amide bonds. The molecule has 1 unspecified atom stereocenters. The van der Waals surface area contributed by atoms with Crippen molar-refractivity contribution in [3.8, 4) is 0 Å². The summed E-state index contributed by atoms with van der Waals surface area (Å²) in [5.41, 5.74) is -0.825. The molecule has 1 atom stereocenters. The lowest BCUT2D eigenvalue weighted by Gasteiger charge is -2.24. The van der Waals surface area contributed by atoms with Crippen molar-refractivity contribution in [3.05, 3.63) is 0 Å². The first kappa shape index (κ1) is 15.4. The summed E-state index contributed by atoms with van der Waals surface area (Å²) in [7, 11) is 1.69. The summed E-state index contributed by atoms with van der Waals surface area (Å²) in [4.78, 5) is 11.1. The summed E-state index contributed by atoms with van der Waals surface area (Å²) in [6.07, 6.45) is 8.03. The molecule has 0 bridgehead atoms. The van der Waals surface area contributed by atoms with Gasteiger partial charge >= 0.3 is 5.97 Å². The van der Waals surface area contributed by atoms with Crippen molar-refractivity contribution < 1.29 is 14.6 Å². The zero-order valence-corrected chi connectivity index (χ0v) is 11.7. The van der Waals surface area contributed by atoms with E-state index in [1.54, 1.807) is 14.0 Å². The third kappa shape index (κ3) is 4.94. The van der Waals surface area contributed by atoms with Gasteiger partial charge in [0.1, 0.15) is 5.54 Å². The van der Waals surface area contributed by atoms with E-state index in [1.165, 1.54) is 32.1 Å². The molecule has 1 rings (SSSR count). The Balaban J connectivity index is 2.08. The maximum atomic E-state index is 11.1. The van der Waals surface area contributed by atoms with Gasteiger partial charge in [-0.15, -0.1) is 0 Å². The summed E-state index contributed by atoms with van der Waals surface area (Å²) in [6, 6.07) is 0. The van der Waals surface area contributed by atoms with E-state index < -0.39 is 11.5 Å². The monoisotopic (exact) mass is 257 g/mol. The molecule has 106 valence electrons. The largest absolute Gasteiger partial charge is 0.480 e. The highest BCUT2D eigenvalue weighted by Crippen LogP contribution is 2.23. The second-order valence-corrected chi connectivity index (χ2v) is 5.57. The summed E-state index contributed by atoms with van der Waals surface area (Å²) in [5.74, 6) is -0.0637. The van der Waals surface area contributed by atoms with Gasteiger partial charge in [-0.25, -0.2) is 0 Å². The minimum absolute atomic E-state index is 0.601. The van der Waals surface area contributed by atoms with Gasteiger partial charge in [-0.2, -0.15) is 0 Å². The van der Waals surface area contributed by atoms with E-state index in [0.29, 0.717) is 13.0 Å². The first-order chi connectivity index (χ1) is 8.58. The average molecular weight is 257 g/mol. The lowest BCUT2D eigenvalue weighted by atomic mass is 9.90. The van der Waals surface area contributed by atoms with Crippen molar-refractivity contribution in [1.82, 2.24) is 5.32 Å². The molecule has 2 N–H and O–H groups in total. The van der Waals surface area contributed by atoms with Gasteiger partial charge in [0.25, 0.3) is 0 Å². The van der Waals surface area contributed by atoms with Gasteiger partial charge in [0.15, 0.2) is 0 Å². The van der Waals surface area contributed by atoms with E-state index in [-0.39, 0.29) is 0 Å². The van der Waals surface area contributed by atoms with Crippen LogP contribution in [0.2, 0.25) is 0 Å². The van der Waals surface area contributed by atoms with Gasteiger partial charge in [-0.1, -0.05) is 19.3 Å². The molecule has 0 aromatic carbocycles. The Kier molecular flexibility index (Phi) is 6.65. The quantitative estimate of drug-likeness (QED) is 0.656. The van der Waals surface area contributed by atoms with Crippen LogP contribution in [0.4, 0.5) is 0 Å². The van der Waals surface area contributed by atoms with Crippen LogP contribution in [0.3, 0.4) is 0 Å². The Bertz CT molecular complexity index is 251. The van der Waals surface area contributed by atoms with Gasteiger partial charge in [0.05, 0.1) is 0 Å². The van der Waals surface area contributed by atoms with Crippen molar-refractivity contribution in [2.45, 2.75) is 57.4 Å². The van der Waals surface area contributed by atoms with Crippen molar-refractivity contribution in [2.75, 3.05) is 20.3 Å². The van der Waals surface area contributed by atoms with Crippen molar-refractivity contribution in [3.63, 3.8) is 0 Å². The van der Waals surface area contributed by atoms with Gasteiger partial charge in [0.2, 0.25) is 0 Å². The van der Waals surface area contributed by atoms with Crippen molar-refractivity contribution in [2.24, 2.45) is 5.92 Å². The molecule has 0 aliphatic heterocycles. The van der Waals surface area contributed by atoms with Crippen LogP contribution in [0.25, 0.3) is 0 Å². The van der Waals surface area contributed by atoms with Crippen LogP contribution < -0.4 is 5.32 Å². The molecule has 4 heteroatoms. The number of carboxylic acid groups (broad SMARTS) is 1. The molecule has 4 nitrogen and oxygen atoms in total. The highest BCUT2D eigenvalue weighted by Gasteiger charge is 2.30. The molecule has 0 saturated heterocycles. The van der Waals surface area contributed by atoms with Gasteiger partial charge < -0.3 is 15.2 Å². The van der Waals surface area contributed by atoms with Gasteiger partial charge in [0, 0.05) is 13.2 Å². The topological polar surface area (TPSA) is 58.6 Å². The normalized spacial score (nSPS) is 20.6. The third-order valence-corrected chi connectivity index (χ3v) is 4.07. The van der Waals surface area contributed by atoms with Gasteiger partial charge in [-0.05, 0) is 45.6 Å². The molecular formula is C14H27NO3. The van der Waals surface area contributed by atoms with Crippen LogP contribution in [0, 0.1) is 5.92 Å². The molecular weight excluding hydrogens is 230 g/mol. The molecule has 0 aromatic rings. The smallest absolute Gasteiger partial charge is 0.323 e. The number of nitrogens with one attached hydrogen (secondary N) is 1. The van der Waals surface area contributed by atoms with E-state index in [0.717, 1.165) is 18.9 Å². The number of ether oxygens (including phenoxy) is 1. The number of hydrogen-bond acceptors (Lipinski definition) is 3. The highest BCUT2D eigenvalue weighted by atomic mass is 16.5. The Labute approximate surface area is 110 Å². The summed E-state index contributed by atoms with van der Waals surface area (Å²) < 4.78 is 5.67. The predicted octanol–water partition coefficient (Wildman–Crippen LogP) is 2.43. The Hall–Kier alpha value is -0.610. The maximum Gasteiger partial charge on any atom is 0.323 e. The Morgan fingerprint density at radius 3 is 2.61 bits per heavy atom. The number of aliphatic carboxylic acids is 1. The van der Waals surface area contributed by atoms with E-state index in [9.17, 15) is 4.79 Å². The van der Waals surface area contributed by atoms with E-state index >= 15 is 0 Å². The van der Waals surface area contributed by atoms with Crippen LogP contribution in [0.1, 0.15) is 51.9 Å². The predicted molar refractivity (Wildman–Crippen MR) is 71.7 cm³/mol. The zero-order chi connectivity index (χ0) is 13.4. The number of rotatable bonds is 8. The summed E-state index contributed by atoms with van der Waals surface area (Å²) in [6.45, 7) is 3.24. The Morgan fingerprint density at radius 2 is 2.06 bits per heavy atom. The van der Waals surface area contributed by atoms with Crippen molar-refractivity contribution >= 4 is 5.97 Å². The van der Waals surface area contributed by atoms with Gasteiger partial charge in [-0.3, -0.25) is 4.79 Å². The van der Waals surface area contributed by atoms with Crippen LogP contribution in [-0.4, -0.2) is 36.9 Å². The van der Waals surface area contributed by atoms with Crippen LogP contribution in [-0.2, 0) is 9.53 Å². The fraction of sp³-hybridized carbons (Fsp3) is 0.929. The summed E-state index contributed by atoms with van der Waals surface area (Å²) >= 11 is 0. The first-order valence-corrected chi connectivity index (χ1v) is 7.08. The fourth-order valence-electron chi connectivity index (χ4n) is 2.47. The average Bonchev–Trinajstić information content (AvgIpc) is 2.39. The second-order valence-electron chi connectivity index (χ2n) is 5.57. The molecule has 1 aliphatic rings. The molecule has 1 saturated carbocycles. The molecule has 1 fully saturated rings. The molecule has 0 aromatic heterocycles. The minimum atomic E-state index is -0.825. The van der Waals surface area contributed by atoms with Crippen LogP contribution in [0.15, 0.2) is 0 Å². The zero-order valence-electron chi connectivity index (χ0n) is 11.7. The minimum Gasteiger partial charge on any atom is -0.480 e. The Morgan fingerprint density at radius 1 is 1.39 bits per heavy atom. The molecule has 0 spiro atoms. The second kappa shape index (κ2) is 7.74. The summed E-state index contributed by atoms with van der Waals surface area (Å²) in [5, 5.41) is 12.0. The SMILES string of the molecule is CNC(C)(CCCOCC1CCCCC1)C(=O)O. The number of carbonyl (C=O) groups is 1. The maximum absolute atomic E-state index is 11.1. The van der Waals surface area contributed by atoms with E-state index in [1.807, 2.05) is 0 Å². The highest BCUT2D eigenvalue weighted by molar-refractivity contribution is 5.78. The number of hydrogen-bond donors (Lipinski definition) is 2. The standard InChI is InChI=1S/C14H27NO3/c1-14(15-2,13(16)17)9-6-10-18-11-12-7-4-3-5-8-12/h12,15H,3-11H2,1-2H3,(H,16,17). The lowest BCUT2D eigenvalue weighted by Crippen LogP contribution is -2.47. The number of likely N-dealkylation sites (N-methyl/N-ethyl adjacent to an activating group) is 1. The third-order valence-electron chi connectivity index (χ3n) is 4.07. The van der Waals surface area contributed by atoms with Crippen LogP contribution >= 0.6 is 0 Å². The lowest BCUT2D eigenvalue weighted by molar-refractivity contribution is -0.144. The first-order valence-electron chi connectivity index (χ1n) is 7.08. The van der Waals surface area contributed by atoms with Crippen LogP contribution in [0.5, 0.6) is 0 Å². The molecule has 0 heterocycles. The van der Waals surface area contributed by atoms with E-state index in [4.69, 9.17) is 9.84 Å². The van der Waals surface area contributed by atoms with Crippen molar-refractivity contribution in [1.29, 1.82) is 0 Å². The molecule has 0 radical (unpaired) electrons. The number of carboxylic acids is 1.